The maximum Gasteiger partial charge on any atom is 0.191 e. The summed E-state index contributed by atoms with van der Waals surface area (Å²) in [6, 6.07) is 9.47. The van der Waals surface area contributed by atoms with Crippen LogP contribution in [0.25, 0.3) is 11.1 Å². The summed E-state index contributed by atoms with van der Waals surface area (Å²) in [7, 11) is 0. The molecule has 3 unspecified atom stereocenters. The summed E-state index contributed by atoms with van der Waals surface area (Å²) >= 11 is 0. The van der Waals surface area contributed by atoms with Crippen molar-refractivity contribution in [3.05, 3.63) is 52.6 Å². The number of benzene rings is 2. The standard InChI is InChI=1S/C40H48O8/c1-8-23-13-14-24(18-25(23)17-22-11-9-10-12-22)26-15-16-27(42)30-28(26)20(4)38(6)32(34(30)44)36(46)40(48)35(45)29(21(5)41)33(43)31(19(2)3)39(40,7)37(38)47/h13-16,18-20,22,29,31-32,37,42,47-48H,8-12,17H2,1-7H3/t20-,29?,31?,32?,37-,38+,39+,40+/m1/s1. The summed E-state index contributed by atoms with van der Waals surface area (Å²) in [5.41, 5.74) is -2.16. The number of hydrogen-bond donors (Lipinski definition) is 3. The number of hydrogen-bond acceptors (Lipinski definition) is 8. The predicted molar refractivity (Wildman–Crippen MR) is 180 cm³/mol. The molecule has 0 aliphatic heterocycles. The van der Waals surface area contributed by atoms with Gasteiger partial charge >= 0.3 is 0 Å². The SMILES string of the molecule is CCc1ccc(-c2ccc(O)c3c2[C@@H](C)[C@@]2(C)C(C3=O)C(=O)[C@@]3(O)C(=O)C(C(C)=O)C(=O)C(C(C)C)[C@@]3(C)[C@@H]2O)cc1CC1CCCC1. The molecule has 0 aromatic heterocycles. The number of carbonyl (C=O) groups is 5. The number of ketones is 5. The Morgan fingerprint density at radius 2 is 1.62 bits per heavy atom. The van der Waals surface area contributed by atoms with Crippen molar-refractivity contribution in [3.63, 3.8) is 0 Å². The van der Waals surface area contributed by atoms with E-state index in [-0.39, 0.29) is 11.3 Å². The molecule has 0 bridgehead atoms. The smallest absolute Gasteiger partial charge is 0.191 e. The lowest BCUT2D eigenvalue weighted by molar-refractivity contribution is -0.240. The Hall–Kier alpha value is -3.49. The van der Waals surface area contributed by atoms with Crippen molar-refractivity contribution >= 4 is 28.9 Å². The molecular weight excluding hydrogens is 608 g/mol. The molecule has 0 saturated heterocycles. The Bertz CT molecular complexity index is 1750. The van der Waals surface area contributed by atoms with E-state index in [1.807, 2.05) is 6.07 Å². The Labute approximate surface area is 282 Å². The molecule has 0 heterocycles. The van der Waals surface area contributed by atoms with Gasteiger partial charge in [0.2, 0.25) is 0 Å². The third-order valence-electron chi connectivity index (χ3n) is 13.1. The second-order valence-electron chi connectivity index (χ2n) is 15.8. The first kappa shape index (κ1) is 34.4. The van der Waals surface area contributed by atoms with E-state index in [0.717, 1.165) is 25.3 Å². The summed E-state index contributed by atoms with van der Waals surface area (Å²) in [5.74, 6) is -10.6. The molecule has 8 heteroatoms. The van der Waals surface area contributed by atoms with E-state index in [1.165, 1.54) is 49.8 Å². The normalized spacial score (nSPS) is 35.1. The average molecular weight is 657 g/mol. The number of phenols is 1. The first-order valence-electron chi connectivity index (χ1n) is 17.5. The van der Waals surface area contributed by atoms with Crippen LogP contribution in [-0.2, 0) is 32.0 Å². The van der Waals surface area contributed by atoms with Gasteiger partial charge in [0.15, 0.2) is 28.7 Å². The summed E-state index contributed by atoms with van der Waals surface area (Å²) in [6.07, 6.45) is 4.98. The van der Waals surface area contributed by atoms with Crippen LogP contribution >= 0.6 is 0 Å². The first-order valence-corrected chi connectivity index (χ1v) is 17.5. The van der Waals surface area contributed by atoms with Gasteiger partial charge in [0.1, 0.15) is 17.5 Å². The van der Waals surface area contributed by atoms with E-state index in [9.17, 15) is 39.3 Å². The number of rotatable bonds is 6. The highest BCUT2D eigenvalue weighted by atomic mass is 16.3. The zero-order valence-corrected chi connectivity index (χ0v) is 29.1. The third kappa shape index (κ3) is 4.30. The van der Waals surface area contributed by atoms with E-state index in [2.05, 4.69) is 19.1 Å². The van der Waals surface area contributed by atoms with Gasteiger partial charge in [0.25, 0.3) is 0 Å². The highest BCUT2D eigenvalue weighted by Gasteiger charge is 2.80. The maximum atomic E-state index is 14.7. The maximum absolute atomic E-state index is 14.7. The second kappa shape index (κ2) is 11.5. The quantitative estimate of drug-likeness (QED) is 0.342. The Kier molecular flexibility index (Phi) is 8.27. The van der Waals surface area contributed by atoms with Crippen LogP contribution in [0.15, 0.2) is 30.3 Å². The van der Waals surface area contributed by atoms with Crippen molar-refractivity contribution in [2.75, 3.05) is 0 Å². The second-order valence-corrected chi connectivity index (χ2v) is 15.8. The molecular formula is C40H48O8. The summed E-state index contributed by atoms with van der Waals surface area (Å²) in [5, 5.41) is 36.1. The summed E-state index contributed by atoms with van der Waals surface area (Å²) in [4.78, 5) is 69.9. The van der Waals surface area contributed by atoms with E-state index in [4.69, 9.17) is 0 Å². The molecule has 3 saturated carbocycles. The van der Waals surface area contributed by atoms with Crippen LogP contribution in [0.4, 0.5) is 0 Å². The monoisotopic (exact) mass is 656 g/mol. The lowest BCUT2D eigenvalue weighted by atomic mass is 9.37. The highest BCUT2D eigenvalue weighted by Crippen LogP contribution is 2.67. The molecule has 8 nitrogen and oxygen atoms in total. The Balaban J connectivity index is 1.57. The number of aliphatic hydroxyl groups is 2. The molecule has 3 N–H and O–H groups in total. The molecule has 4 aliphatic rings. The topological polar surface area (TPSA) is 146 Å². The fourth-order valence-electron chi connectivity index (χ4n) is 10.5. The molecule has 6 rings (SSSR count). The van der Waals surface area contributed by atoms with E-state index in [1.54, 1.807) is 33.8 Å². The Morgan fingerprint density at radius 1 is 0.979 bits per heavy atom. The number of aromatic hydroxyl groups is 1. The molecule has 4 aliphatic carbocycles. The molecule has 2 aromatic rings. The molecule has 3 fully saturated rings. The Morgan fingerprint density at radius 3 is 2.21 bits per heavy atom. The number of carbonyl (C=O) groups excluding carboxylic acids is 5. The first-order chi connectivity index (χ1) is 22.5. The molecule has 0 amide bonds. The molecule has 8 atom stereocenters. The fourth-order valence-corrected chi connectivity index (χ4v) is 10.5. The van der Waals surface area contributed by atoms with Gasteiger partial charge < -0.3 is 15.3 Å². The number of Topliss-reactive ketones (excluding diaryl/α,β-unsaturated/α-hetero) is 5. The molecule has 2 aromatic carbocycles. The van der Waals surface area contributed by atoms with Crippen LogP contribution < -0.4 is 0 Å². The number of aryl methyl sites for hydroxylation is 1. The molecule has 0 spiro atoms. The lowest BCUT2D eigenvalue weighted by Crippen LogP contribution is -2.82. The van der Waals surface area contributed by atoms with Crippen molar-refractivity contribution in [2.45, 2.75) is 105 Å². The van der Waals surface area contributed by atoms with Gasteiger partial charge in [0.05, 0.1) is 17.6 Å². The molecule has 0 radical (unpaired) electrons. The van der Waals surface area contributed by atoms with Gasteiger partial charge in [-0.1, -0.05) is 91.5 Å². The van der Waals surface area contributed by atoms with E-state index >= 15 is 0 Å². The number of fused-ring (bicyclic) bond motifs is 3. The minimum Gasteiger partial charge on any atom is -0.507 e. The predicted octanol–water partition coefficient (Wildman–Crippen LogP) is 5.59. The minimum absolute atomic E-state index is 0.0741. The van der Waals surface area contributed by atoms with Gasteiger partial charge in [-0.05, 0) is 71.4 Å². The van der Waals surface area contributed by atoms with Crippen LogP contribution in [0.5, 0.6) is 5.75 Å². The number of aliphatic hydroxyl groups excluding tert-OH is 1. The fraction of sp³-hybridized carbons (Fsp3) is 0.575. The van der Waals surface area contributed by atoms with Crippen molar-refractivity contribution in [1.29, 1.82) is 0 Å². The van der Waals surface area contributed by atoms with Gasteiger partial charge in [-0.2, -0.15) is 0 Å². The number of phenolic OH excluding ortho intramolecular Hbond substituents is 1. The van der Waals surface area contributed by atoms with Crippen LogP contribution in [0.2, 0.25) is 0 Å². The average Bonchev–Trinajstić information content (AvgIpc) is 3.54. The zero-order valence-electron chi connectivity index (χ0n) is 29.1. The van der Waals surface area contributed by atoms with Gasteiger partial charge in [-0.3, -0.25) is 24.0 Å². The van der Waals surface area contributed by atoms with Crippen molar-refractivity contribution < 1.29 is 39.3 Å². The highest BCUT2D eigenvalue weighted by molar-refractivity contribution is 6.33. The van der Waals surface area contributed by atoms with Crippen molar-refractivity contribution in [1.82, 2.24) is 0 Å². The minimum atomic E-state index is -2.99. The van der Waals surface area contributed by atoms with Crippen LogP contribution in [0, 0.1) is 40.4 Å². The van der Waals surface area contributed by atoms with Gasteiger partial charge in [-0.25, -0.2) is 0 Å². The van der Waals surface area contributed by atoms with Crippen LogP contribution in [0.3, 0.4) is 0 Å². The largest absolute Gasteiger partial charge is 0.507 e. The van der Waals surface area contributed by atoms with E-state index < -0.39 is 81.0 Å². The van der Waals surface area contributed by atoms with Crippen LogP contribution in [0.1, 0.15) is 107 Å². The summed E-state index contributed by atoms with van der Waals surface area (Å²) < 4.78 is 0. The van der Waals surface area contributed by atoms with Gasteiger partial charge in [0, 0.05) is 16.7 Å². The van der Waals surface area contributed by atoms with Crippen molar-refractivity contribution in [2.24, 2.45) is 40.4 Å². The molecule has 48 heavy (non-hydrogen) atoms. The van der Waals surface area contributed by atoms with Crippen LogP contribution in [-0.4, -0.2) is 55.9 Å². The third-order valence-corrected chi connectivity index (χ3v) is 13.1. The lowest BCUT2D eigenvalue weighted by Gasteiger charge is -2.65. The zero-order chi connectivity index (χ0) is 35.2. The van der Waals surface area contributed by atoms with Crippen molar-refractivity contribution in [3.8, 4) is 16.9 Å². The molecule has 256 valence electrons. The summed E-state index contributed by atoms with van der Waals surface area (Å²) in [6.45, 7) is 11.4. The van der Waals surface area contributed by atoms with Gasteiger partial charge in [-0.15, -0.1) is 0 Å². The van der Waals surface area contributed by atoms with E-state index in [0.29, 0.717) is 17.0 Å².